The Hall–Kier alpha value is -2.00. The maximum atomic E-state index is 9.98. The number of phenolic OH excluding ortho intramolecular Hbond substituents is 1. The molecule has 1 aliphatic carbocycles. The summed E-state index contributed by atoms with van der Waals surface area (Å²) in [5.74, 6) is 1.34. The third-order valence-corrected chi connectivity index (χ3v) is 5.44. The van der Waals surface area contributed by atoms with Crippen molar-refractivity contribution in [2.75, 3.05) is 25.5 Å². The lowest BCUT2D eigenvalue weighted by Crippen LogP contribution is -2.32. The van der Waals surface area contributed by atoms with E-state index in [1.165, 1.54) is 35.2 Å². The average molecular weight is 308 g/mol. The number of benzene rings is 2. The number of aromatic hydroxyl groups is 1. The van der Waals surface area contributed by atoms with E-state index >= 15 is 0 Å². The number of nitrogens with one attached hydrogen (secondary N) is 1. The van der Waals surface area contributed by atoms with Crippen LogP contribution in [-0.4, -0.2) is 25.7 Å². The Labute approximate surface area is 138 Å². The molecule has 2 aliphatic rings. The largest absolute Gasteiger partial charge is 0.508 e. The standard InChI is InChI=1S/C20H24N2O/c1-22(2)14-7-5-13(6-8-14)19-17-4-3-11-21-20(17)16-10-9-15(23)12-18(16)19/h5-10,12,17,19-21,23H,3-4,11H2,1-2H3/t17-,19-,20+/m0/s1. The van der Waals surface area contributed by atoms with Crippen LogP contribution in [-0.2, 0) is 0 Å². The predicted octanol–water partition coefficient (Wildman–Crippen LogP) is 3.64. The van der Waals surface area contributed by atoms with Crippen LogP contribution in [0.3, 0.4) is 0 Å². The normalized spacial score (nSPS) is 25.7. The minimum atomic E-state index is 0.373. The Balaban J connectivity index is 1.78. The first-order valence-electron chi connectivity index (χ1n) is 8.48. The summed E-state index contributed by atoms with van der Waals surface area (Å²) in [5.41, 5.74) is 5.25. The number of hydrogen-bond acceptors (Lipinski definition) is 3. The fraction of sp³-hybridized carbons (Fsp3) is 0.400. The maximum absolute atomic E-state index is 9.98. The molecular weight excluding hydrogens is 284 g/mol. The molecule has 0 amide bonds. The highest BCUT2D eigenvalue weighted by molar-refractivity contribution is 5.52. The number of fused-ring (bicyclic) bond motifs is 3. The van der Waals surface area contributed by atoms with E-state index in [0.717, 1.165) is 6.54 Å². The fourth-order valence-corrected chi connectivity index (χ4v) is 4.36. The van der Waals surface area contributed by atoms with Crippen LogP contribution < -0.4 is 10.2 Å². The highest BCUT2D eigenvalue weighted by atomic mass is 16.3. The van der Waals surface area contributed by atoms with Gasteiger partial charge in [0.2, 0.25) is 0 Å². The zero-order chi connectivity index (χ0) is 16.0. The summed E-state index contributed by atoms with van der Waals surface area (Å²) in [6.07, 6.45) is 2.47. The molecule has 3 atom stereocenters. The van der Waals surface area contributed by atoms with Gasteiger partial charge in [0, 0.05) is 31.7 Å². The first-order valence-corrected chi connectivity index (χ1v) is 8.48. The predicted molar refractivity (Wildman–Crippen MR) is 94.2 cm³/mol. The lowest BCUT2D eigenvalue weighted by Gasteiger charge is -2.31. The maximum Gasteiger partial charge on any atom is 0.115 e. The molecule has 0 bridgehead atoms. The van der Waals surface area contributed by atoms with Gasteiger partial charge in [-0.3, -0.25) is 0 Å². The van der Waals surface area contributed by atoms with Gasteiger partial charge in [0.1, 0.15) is 5.75 Å². The van der Waals surface area contributed by atoms with Crippen molar-refractivity contribution in [3.8, 4) is 5.75 Å². The first-order chi connectivity index (χ1) is 11.1. The second kappa shape index (κ2) is 5.57. The number of rotatable bonds is 2. The van der Waals surface area contributed by atoms with Gasteiger partial charge in [-0.1, -0.05) is 18.2 Å². The first kappa shape index (κ1) is 14.6. The Morgan fingerprint density at radius 3 is 2.57 bits per heavy atom. The van der Waals surface area contributed by atoms with Crippen molar-refractivity contribution in [2.24, 2.45) is 5.92 Å². The van der Waals surface area contributed by atoms with Gasteiger partial charge in [0.15, 0.2) is 0 Å². The SMILES string of the molecule is CN(C)c1ccc([C@@H]2c3cc(O)ccc3[C@H]3NCCC[C@@H]23)cc1. The van der Waals surface area contributed by atoms with Crippen LogP contribution >= 0.6 is 0 Å². The number of nitrogens with zero attached hydrogens (tertiary/aromatic N) is 1. The molecule has 3 heteroatoms. The molecule has 0 aromatic heterocycles. The van der Waals surface area contributed by atoms with Gasteiger partial charge in [0.05, 0.1) is 0 Å². The summed E-state index contributed by atoms with van der Waals surface area (Å²) >= 11 is 0. The molecule has 3 nitrogen and oxygen atoms in total. The third-order valence-electron chi connectivity index (χ3n) is 5.44. The summed E-state index contributed by atoms with van der Waals surface area (Å²) < 4.78 is 0. The minimum Gasteiger partial charge on any atom is -0.508 e. The van der Waals surface area contributed by atoms with E-state index in [1.54, 1.807) is 0 Å². The second-order valence-corrected chi connectivity index (χ2v) is 7.01. The second-order valence-electron chi connectivity index (χ2n) is 7.01. The summed E-state index contributed by atoms with van der Waals surface area (Å²) in [6.45, 7) is 1.09. The highest BCUT2D eigenvalue weighted by Gasteiger charge is 2.42. The van der Waals surface area contributed by atoms with Crippen LogP contribution in [0, 0.1) is 5.92 Å². The van der Waals surface area contributed by atoms with E-state index in [4.69, 9.17) is 0 Å². The van der Waals surface area contributed by atoms with Crippen molar-refractivity contribution >= 4 is 5.69 Å². The van der Waals surface area contributed by atoms with E-state index in [2.05, 4.69) is 54.6 Å². The molecule has 1 heterocycles. The van der Waals surface area contributed by atoms with Crippen molar-refractivity contribution in [1.29, 1.82) is 0 Å². The molecule has 2 aromatic carbocycles. The summed E-state index contributed by atoms with van der Waals surface area (Å²) in [6, 6.07) is 15.2. The van der Waals surface area contributed by atoms with Gasteiger partial charge in [-0.05, 0) is 66.3 Å². The van der Waals surface area contributed by atoms with E-state index in [-0.39, 0.29) is 0 Å². The Morgan fingerprint density at radius 2 is 1.83 bits per heavy atom. The lowest BCUT2D eigenvalue weighted by molar-refractivity contribution is 0.287. The van der Waals surface area contributed by atoms with Crippen molar-refractivity contribution in [3.05, 3.63) is 59.2 Å². The van der Waals surface area contributed by atoms with Crippen molar-refractivity contribution in [2.45, 2.75) is 24.8 Å². The molecule has 1 aliphatic heterocycles. The molecule has 0 unspecified atom stereocenters. The quantitative estimate of drug-likeness (QED) is 0.889. The molecule has 0 saturated carbocycles. The van der Waals surface area contributed by atoms with Gasteiger partial charge >= 0.3 is 0 Å². The topological polar surface area (TPSA) is 35.5 Å². The minimum absolute atomic E-state index is 0.373. The highest BCUT2D eigenvalue weighted by Crippen LogP contribution is 2.52. The van der Waals surface area contributed by atoms with E-state index in [0.29, 0.717) is 23.6 Å². The fourth-order valence-electron chi connectivity index (χ4n) is 4.36. The van der Waals surface area contributed by atoms with Crippen LogP contribution in [0.5, 0.6) is 5.75 Å². The van der Waals surface area contributed by atoms with Crippen LogP contribution in [0.1, 0.15) is 41.5 Å². The van der Waals surface area contributed by atoms with Crippen LogP contribution in [0.25, 0.3) is 0 Å². The van der Waals surface area contributed by atoms with Gasteiger partial charge in [0.25, 0.3) is 0 Å². The zero-order valence-electron chi connectivity index (χ0n) is 13.8. The van der Waals surface area contributed by atoms with Gasteiger partial charge < -0.3 is 15.3 Å². The van der Waals surface area contributed by atoms with Crippen LogP contribution in [0.2, 0.25) is 0 Å². The summed E-state index contributed by atoms with van der Waals surface area (Å²) in [4.78, 5) is 2.13. The third kappa shape index (κ3) is 2.40. The molecule has 0 radical (unpaired) electrons. The van der Waals surface area contributed by atoms with Crippen molar-refractivity contribution in [1.82, 2.24) is 5.32 Å². The average Bonchev–Trinajstić information content (AvgIpc) is 2.88. The van der Waals surface area contributed by atoms with Gasteiger partial charge in [-0.25, -0.2) is 0 Å². The van der Waals surface area contributed by atoms with Gasteiger partial charge in [-0.2, -0.15) is 0 Å². The molecule has 23 heavy (non-hydrogen) atoms. The number of piperidine rings is 1. The molecule has 0 spiro atoms. The molecule has 4 rings (SSSR count). The van der Waals surface area contributed by atoms with Crippen LogP contribution in [0.4, 0.5) is 5.69 Å². The molecule has 1 saturated heterocycles. The molecule has 2 N–H and O–H groups in total. The zero-order valence-corrected chi connectivity index (χ0v) is 13.8. The van der Waals surface area contributed by atoms with Crippen molar-refractivity contribution < 1.29 is 5.11 Å². The van der Waals surface area contributed by atoms with E-state index < -0.39 is 0 Å². The molecule has 120 valence electrons. The molecule has 1 fully saturated rings. The Morgan fingerprint density at radius 1 is 1.04 bits per heavy atom. The molecular formula is C20H24N2O. The number of hydrogen-bond donors (Lipinski definition) is 2. The summed E-state index contributed by atoms with van der Waals surface area (Å²) in [7, 11) is 4.14. The van der Waals surface area contributed by atoms with Crippen LogP contribution in [0.15, 0.2) is 42.5 Å². The Kier molecular flexibility index (Phi) is 3.53. The monoisotopic (exact) mass is 308 g/mol. The number of anilines is 1. The lowest BCUT2D eigenvalue weighted by atomic mass is 9.80. The van der Waals surface area contributed by atoms with Crippen molar-refractivity contribution in [3.63, 3.8) is 0 Å². The summed E-state index contributed by atoms with van der Waals surface area (Å²) in [5, 5.41) is 13.7. The smallest absolute Gasteiger partial charge is 0.115 e. The van der Waals surface area contributed by atoms with E-state index in [1.807, 2.05) is 12.1 Å². The Bertz CT molecular complexity index is 708. The number of phenols is 1. The molecule has 2 aromatic rings. The van der Waals surface area contributed by atoms with E-state index in [9.17, 15) is 5.11 Å². The van der Waals surface area contributed by atoms with Gasteiger partial charge in [-0.15, -0.1) is 0 Å².